The van der Waals surface area contributed by atoms with Crippen LogP contribution in [-0.4, -0.2) is 0 Å². The third kappa shape index (κ3) is 1.44. The van der Waals surface area contributed by atoms with Gasteiger partial charge in [0, 0.05) is 5.92 Å². The Morgan fingerprint density at radius 1 is 0.400 bits per heavy atom. The van der Waals surface area contributed by atoms with E-state index in [4.69, 9.17) is 0 Å². The van der Waals surface area contributed by atoms with Crippen molar-refractivity contribution in [2.24, 2.45) is 154 Å². The van der Waals surface area contributed by atoms with Crippen molar-refractivity contribution in [2.45, 2.75) is 51.4 Å². The van der Waals surface area contributed by atoms with Gasteiger partial charge in [-0.2, -0.15) is 0 Å². The zero-order chi connectivity index (χ0) is 24.4. The van der Waals surface area contributed by atoms with Gasteiger partial charge in [0.1, 0.15) is 0 Å². The molecule has 13 saturated carbocycles. The lowest BCUT2D eigenvalue weighted by Gasteiger charge is -2.61. The second kappa shape index (κ2) is 5.38. The number of rotatable bonds is 0. The van der Waals surface area contributed by atoms with Gasteiger partial charge in [-0.05, 0) is 199 Å². The quantitative estimate of drug-likeness (QED) is 0.288. The molecule has 0 amide bonds. The molecule has 0 aromatic carbocycles. The van der Waals surface area contributed by atoms with Gasteiger partial charge >= 0.3 is 0 Å². The molecule has 16 rings (SSSR count). The highest BCUT2D eigenvalue weighted by atomic mass is 14.9. The van der Waals surface area contributed by atoms with Crippen LogP contribution >= 0.6 is 0 Å². The number of hydrogen-bond acceptors (Lipinski definition) is 0. The molecule has 0 aromatic heterocycles. The predicted octanol–water partition coefficient (Wildman–Crippen LogP) is 7.50. The minimum absolute atomic E-state index is 0.995. The van der Waals surface area contributed by atoms with Crippen LogP contribution in [0, 0.1) is 154 Å². The van der Waals surface area contributed by atoms with Gasteiger partial charge in [-0.3, -0.25) is 0 Å². The van der Waals surface area contributed by atoms with Gasteiger partial charge in [-0.1, -0.05) is 34.4 Å². The summed E-state index contributed by atoms with van der Waals surface area (Å²) in [6.07, 6.45) is 18.8. The molecule has 204 valence electrons. The molecule has 26 atom stereocenters. The number of fused-ring (bicyclic) bond motifs is 5. The second-order valence-corrected chi connectivity index (χ2v) is 19.8. The maximum absolute atomic E-state index is 3.03. The summed E-state index contributed by atoms with van der Waals surface area (Å²) >= 11 is 0. The topological polar surface area (TPSA) is 0 Å². The van der Waals surface area contributed by atoms with Crippen molar-refractivity contribution >= 4 is 0 Å². The Labute approximate surface area is 239 Å². The lowest BCUT2D eigenvalue weighted by atomic mass is 9.43. The summed E-state index contributed by atoms with van der Waals surface area (Å²) in [4.78, 5) is 0. The lowest BCUT2D eigenvalue weighted by Crippen LogP contribution is -2.58. The average Bonchev–Trinajstić information content (AvgIpc) is 3.79. The summed E-state index contributed by atoms with van der Waals surface area (Å²) in [5.74, 6) is 29.8. The molecule has 40 heavy (non-hydrogen) atoms. The first kappa shape index (κ1) is 19.5. The summed E-state index contributed by atoms with van der Waals surface area (Å²) < 4.78 is 0. The van der Waals surface area contributed by atoms with E-state index in [1.165, 1.54) is 95.7 Å². The van der Waals surface area contributed by atoms with Crippen LogP contribution < -0.4 is 0 Å². The normalized spacial score (nSPS) is 79.4. The van der Waals surface area contributed by atoms with Crippen molar-refractivity contribution in [3.63, 3.8) is 0 Å². The molecule has 16 aliphatic carbocycles. The fourth-order valence-electron chi connectivity index (χ4n) is 22.6. The van der Waals surface area contributed by atoms with E-state index in [-0.39, 0.29) is 0 Å². The Morgan fingerprint density at radius 2 is 1.00 bits per heavy atom. The Balaban J connectivity index is 1.09. The lowest BCUT2D eigenvalue weighted by molar-refractivity contribution is -0.142. The number of hydrogen-bond donors (Lipinski definition) is 0. The fraction of sp³-hybridized carbons (Fsp3) is 0.850. The van der Waals surface area contributed by atoms with Crippen LogP contribution in [0.3, 0.4) is 0 Å². The predicted molar refractivity (Wildman–Crippen MR) is 151 cm³/mol. The molecule has 0 aromatic rings. The molecule has 0 spiro atoms. The zero-order valence-electron chi connectivity index (χ0n) is 23.8. The Hall–Kier alpha value is -0.780. The smallest absolute Gasteiger partial charge is 0.00499 e. The van der Waals surface area contributed by atoms with E-state index in [0.29, 0.717) is 0 Å². The van der Waals surface area contributed by atoms with Crippen LogP contribution in [0.1, 0.15) is 51.4 Å². The molecule has 0 heterocycles. The van der Waals surface area contributed by atoms with Gasteiger partial charge in [0.15, 0.2) is 0 Å². The molecular formula is C40H44. The van der Waals surface area contributed by atoms with Gasteiger partial charge in [0.25, 0.3) is 0 Å². The zero-order valence-corrected chi connectivity index (χ0v) is 23.8. The molecular weight excluding hydrogens is 480 g/mol. The largest absolute Gasteiger partial charge is 0.0844 e. The van der Waals surface area contributed by atoms with Gasteiger partial charge in [0.05, 0.1) is 0 Å². The summed E-state index contributed by atoms with van der Waals surface area (Å²) in [6.45, 7) is 0. The second-order valence-electron chi connectivity index (χ2n) is 19.8. The summed E-state index contributed by atoms with van der Waals surface area (Å²) in [6, 6.07) is 0. The molecule has 26 unspecified atom stereocenters. The van der Waals surface area contributed by atoms with Crippen LogP contribution in [0.25, 0.3) is 0 Å². The first-order valence-corrected chi connectivity index (χ1v) is 19.0. The molecule has 13 fully saturated rings. The number of allylic oxidation sites excluding steroid dienone is 6. The molecule has 0 N–H and O–H groups in total. The molecule has 0 heteroatoms. The van der Waals surface area contributed by atoms with Gasteiger partial charge in [-0.15, -0.1) is 0 Å². The summed E-state index contributed by atoms with van der Waals surface area (Å²) in [7, 11) is 0. The van der Waals surface area contributed by atoms with Crippen molar-refractivity contribution in [3.8, 4) is 0 Å². The molecule has 0 nitrogen and oxygen atoms in total. The van der Waals surface area contributed by atoms with Crippen molar-refractivity contribution in [2.75, 3.05) is 0 Å². The highest BCUT2D eigenvalue weighted by molar-refractivity contribution is 5.52. The summed E-state index contributed by atoms with van der Waals surface area (Å²) in [5.41, 5.74) is 8.69. The summed E-state index contributed by atoms with van der Waals surface area (Å²) in [5, 5.41) is 0. The maximum atomic E-state index is 3.03. The van der Waals surface area contributed by atoms with Crippen LogP contribution in [0.4, 0.5) is 0 Å². The first-order chi connectivity index (χ1) is 19.9. The van der Waals surface area contributed by atoms with E-state index >= 15 is 0 Å². The van der Waals surface area contributed by atoms with Crippen LogP contribution in [0.2, 0.25) is 0 Å². The van der Waals surface area contributed by atoms with Crippen molar-refractivity contribution in [3.05, 3.63) is 34.4 Å². The third-order valence-electron chi connectivity index (χ3n) is 21.2. The Kier molecular flexibility index (Phi) is 2.62. The van der Waals surface area contributed by atoms with E-state index in [0.717, 1.165) is 71.0 Å². The highest BCUT2D eigenvalue weighted by Gasteiger charge is 2.86. The maximum Gasteiger partial charge on any atom is 0.00499 e. The highest BCUT2D eigenvalue weighted by Crippen LogP contribution is 2.91. The van der Waals surface area contributed by atoms with Crippen molar-refractivity contribution < 1.29 is 0 Å². The molecule has 0 saturated heterocycles. The van der Waals surface area contributed by atoms with Crippen LogP contribution in [0.15, 0.2) is 34.4 Å². The molecule has 0 bridgehead atoms. The van der Waals surface area contributed by atoms with Gasteiger partial charge < -0.3 is 0 Å². The van der Waals surface area contributed by atoms with Gasteiger partial charge in [-0.25, -0.2) is 0 Å². The third-order valence-corrected chi connectivity index (χ3v) is 21.2. The SMILES string of the molecule is C1=C2C3CCC4C5CCC6C7=CCC8C9CCC%10C(=C%11C2C2C3C4C3C5C6C4C7C8C5C9C%10C%11C6C2C3C4C65)C1. The minimum atomic E-state index is 0.995. The molecule has 16 aliphatic rings. The molecule has 0 radical (unpaired) electrons. The van der Waals surface area contributed by atoms with Gasteiger partial charge in [0.2, 0.25) is 0 Å². The Bertz CT molecular complexity index is 1520. The van der Waals surface area contributed by atoms with E-state index in [2.05, 4.69) is 34.4 Å². The average molecular weight is 525 g/mol. The van der Waals surface area contributed by atoms with E-state index < -0.39 is 0 Å². The fourth-order valence-corrected chi connectivity index (χ4v) is 22.6. The monoisotopic (exact) mass is 524 g/mol. The first-order valence-electron chi connectivity index (χ1n) is 19.0. The van der Waals surface area contributed by atoms with E-state index in [1.807, 2.05) is 0 Å². The van der Waals surface area contributed by atoms with Crippen LogP contribution in [0.5, 0.6) is 0 Å². The van der Waals surface area contributed by atoms with Crippen molar-refractivity contribution in [1.29, 1.82) is 0 Å². The Morgan fingerprint density at radius 3 is 1.85 bits per heavy atom. The van der Waals surface area contributed by atoms with Crippen molar-refractivity contribution in [1.82, 2.24) is 0 Å². The van der Waals surface area contributed by atoms with E-state index in [1.54, 1.807) is 38.5 Å². The molecule has 0 aliphatic heterocycles. The minimum Gasteiger partial charge on any atom is -0.0844 e. The van der Waals surface area contributed by atoms with Crippen LogP contribution in [-0.2, 0) is 0 Å². The standard InChI is InChI=1S/C40H44/c1-2-12-14-5-6-16-18-9-10-20-19-8-7-17-15-4-3-13-11(1)21-22(12)32-24(14)26(16)34-29(18)30(20)35-28(19)27(17)33-25(15)23(13)31(21)36-37(32)39(34)40(35)38(33)36/h1,10,12-17,19,21-28,30-40H,2-9H2. The van der Waals surface area contributed by atoms with E-state index in [9.17, 15) is 0 Å².